The quantitative estimate of drug-likeness (QED) is 0.570. The van der Waals surface area contributed by atoms with E-state index in [1.165, 1.54) is 22.8 Å². The van der Waals surface area contributed by atoms with Crippen LogP contribution in [0.4, 0.5) is 17.6 Å². The molecule has 0 bridgehead atoms. The zero-order valence-electron chi connectivity index (χ0n) is 13.7. The number of nitrogens with zero attached hydrogens (tertiary/aromatic N) is 3. The van der Waals surface area contributed by atoms with E-state index in [2.05, 4.69) is 5.10 Å². The minimum Gasteiger partial charge on any atom is -0.321 e. The van der Waals surface area contributed by atoms with Crippen LogP contribution in [0.3, 0.4) is 0 Å². The second-order valence-electron chi connectivity index (χ2n) is 6.28. The molecular formula is C18H12ClF4N3O. The van der Waals surface area contributed by atoms with Gasteiger partial charge in [-0.15, -0.1) is 0 Å². The first-order chi connectivity index (χ1) is 12.7. The van der Waals surface area contributed by atoms with Gasteiger partial charge in [0, 0.05) is 12.7 Å². The SMILES string of the molecule is O=C(c1cc2ccc(Cl)cn2n1)N1CCc2ccc(F)cc2C1C(F)(F)F. The van der Waals surface area contributed by atoms with Gasteiger partial charge in [0.05, 0.1) is 10.5 Å². The van der Waals surface area contributed by atoms with Gasteiger partial charge in [-0.1, -0.05) is 17.7 Å². The molecule has 3 aromatic rings. The highest BCUT2D eigenvalue weighted by Crippen LogP contribution is 2.42. The summed E-state index contributed by atoms with van der Waals surface area (Å²) in [5.41, 5.74) is 0.527. The molecule has 2 aromatic heterocycles. The van der Waals surface area contributed by atoms with Gasteiger partial charge in [0.15, 0.2) is 11.7 Å². The first kappa shape index (κ1) is 17.8. The van der Waals surface area contributed by atoms with Crippen molar-refractivity contribution in [3.63, 3.8) is 0 Å². The molecule has 3 heterocycles. The number of halogens is 5. The summed E-state index contributed by atoms with van der Waals surface area (Å²) in [5.74, 6) is -1.65. The highest BCUT2D eigenvalue weighted by molar-refractivity contribution is 6.30. The lowest BCUT2D eigenvalue weighted by atomic mass is 9.91. The highest BCUT2D eigenvalue weighted by atomic mass is 35.5. The van der Waals surface area contributed by atoms with Gasteiger partial charge in [0.2, 0.25) is 0 Å². The second-order valence-corrected chi connectivity index (χ2v) is 6.72. The van der Waals surface area contributed by atoms with E-state index >= 15 is 0 Å². The lowest BCUT2D eigenvalue weighted by molar-refractivity contribution is -0.181. The van der Waals surface area contributed by atoms with Crippen LogP contribution in [0, 0.1) is 5.82 Å². The molecule has 1 atom stereocenters. The normalized spacial score (nSPS) is 17.2. The summed E-state index contributed by atoms with van der Waals surface area (Å²) in [7, 11) is 0. The third kappa shape index (κ3) is 3.14. The molecule has 0 spiro atoms. The Labute approximate surface area is 156 Å². The van der Waals surface area contributed by atoms with Crippen LogP contribution in [0.1, 0.15) is 27.7 Å². The zero-order chi connectivity index (χ0) is 19.3. The van der Waals surface area contributed by atoms with Crippen LogP contribution in [0.2, 0.25) is 5.02 Å². The Bertz CT molecular complexity index is 1050. The van der Waals surface area contributed by atoms with Crippen molar-refractivity contribution in [3.8, 4) is 0 Å². The van der Waals surface area contributed by atoms with E-state index in [1.807, 2.05) is 0 Å². The number of pyridine rings is 1. The molecule has 4 rings (SSSR count). The van der Waals surface area contributed by atoms with Crippen LogP contribution in [0.5, 0.6) is 0 Å². The minimum absolute atomic E-state index is 0.133. The van der Waals surface area contributed by atoms with E-state index in [0.29, 0.717) is 21.0 Å². The summed E-state index contributed by atoms with van der Waals surface area (Å²) in [6.07, 6.45) is -3.09. The Morgan fingerprint density at radius 3 is 2.70 bits per heavy atom. The van der Waals surface area contributed by atoms with E-state index in [0.717, 1.165) is 12.1 Å². The lowest BCUT2D eigenvalue weighted by Crippen LogP contribution is -2.46. The van der Waals surface area contributed by atoms with Gasteiger partial charge in [0.1, 0.15) is 5.82 Å². The van der Waals surface area contributed by atoms with Gasteiger partial charge in [-0.2, -0.15) is 18.3 Å². The van der Waals surface area contributed by atoms with Crippen LogP contribution in [-0.4, -0.2) is 33.1 Å². The molecule has 4 nitrogen and oxygen atoms in total. The third-order valence-corrected chi connectivity index (χ3v) is 4.77. The number of fused-ring (bicyclic) bond motifs is 2. The Hall–Kier alpha value is -2.61. The average molecular weight is 398 g/mol. The average Bonchev–Trinajstić information content (AvgIpc) is 3.02. The molecule has 0 saturated heterocycles. The van der Waals surface area contributed by atoms with Gasteiger partial charge in [-0.05, 0) is 47.9 Å². The molecule has 0 saturated carbocycles. The van der Waals surface area contributed by atoms with Crippen molar-refractivity contribution < 1.29 is 22.4 Å². The fraction of sp³-hybridized carbons (Fsp3) is 0.222. The van der Waals surface area contributed by atoms with Crippen molar-refractivity contribution in [2.75, 3.05) is 6.54 Å². The van der Waals surface area contributed by atoms with E-state index < -0.39 is 23.9 Å². The third-order valence-electron chi connectivity index (χ3n) is 4.55. The molecule has 1 aliphatic heterocycles. The van der Waals surface area contributed by atoms with Crippen molar-refractivity contribution in [2.24, 2.45) is 0 Å². The molecule has 0 radical (unpaired) electrons. The summed E-state index contributed by atoms with van der Waals surface area (Å²) in [5, 5.41) is 4.41. The Morgan fingerprint density at radius 1 is 1.19 bits per heavy atom. The standard InChI is InChI=1S/C18H12ClF4N3O/c19-11-2-4-13-8-15(24-26(13)9-11)17(27)25-6-5-10-1-3-12(20)7-14(10)16(25)18(21,22)23/h1-4,7-9,16H,5-6H2. The Morgan fingerprint density at radius 2 is 1.96 bits per heavy atom. The van der Waals surface area contributed by atoms with Crippen LogP contribution in [0.25, 0.3) is 5.52 Å². The van der Waals surface area contributed by atoms with Gasteiger partial charge in [-0.3, -0.25) is 4.79 Å². The van der Waals surface area contributed by atoms with Crippen LogP contribution in [0.15, 0.2) is 42.6 Å². The minimum atomic E-state index is -4.75. The van der Waals surface area contributed by atoms with E-state index in [9.17, 15) is 22.4 Å². The van der Waals surface area contributed by atoms with Gasteiger partial charge < -0.3 is 4.90 Å². The van der Waals surface area contributed by atoms with Crippen LogP contribution < -0.4 is 0 Å². The molecule has 140 valence electrons. The lowest BCUT2D eigenvalue weighted by Gasteiger charge is -2.37. The predicted octanol–water partition coefficient (Wildman–Crippen LogP) is 4.43. The number of hydrogen-bond acceptors (Lipinski definition) is 2. The maximum absolute atomic E-state index is 13.8. The molecule has 1 amide bonds. The second kappa shape index (κ2) is 6.23. The predicted molar refractivity (Wildman–Crippen MR) is 90.1 cm³/mol. The number of aromatic nitrogens is 2. The summed E-state index contributed by atoms with van der Waals surface area (Å²) in [4.78, 5) is 13.5. The Balaban J connectivity index is 1.77. The topological polar surface area (TPSA) is 37.6 Å². The summed E-state index contributed by atoms with van der Waals surface area (Å²) in [6.45, 7) is -0.143. The maximum atomic E-state index is 13.8. The fourth-order valence-electron chi connectivity index (χ4n) is 3.37. The zero-order valence-corrected chi connectivity index (χ0v) is 14.4. The Kier molecular flexibility index (Phi) is 4.10. The smallest absolute Gasteiger partial charge is 0.321 e. The molecule has 0 N–H and O–H groups in total. The van der Waals surface area contributed by atoms with E-state index in [1.54, 1.807) is 12.1 Å². The monoisotopic (exact) mass is 397 g/mol. The molecule has 0 fully saturated rings. The van der Waals surface area contributed by atoms with Gasteiger partial charge in [-0.25, -0.2) is 8.91 Å². The molecule has 1 aliphatic rings. The number of carbonyl (C=O) groups is 1. The maximum Gasteiger partial charge on any atom is 0.413 e. The largest absolute Gasteiger partial charge is 0.413 e. The summed E-state index contributed by atoms with van der Waals surface area (Å²) in [6, 6.07) is 5.66. The highest BCUT2D eigenvalue weighted by Gasteiger charge is 2.49. The molecule has 27 heavy (non-hydrogen) atoms. The molecule has 9 heteroatoms. The van der Waals surface area contributed by atoms with E-state index in [4.69, 9.17) is 11.6 Å². The van der Waals surface area contributed by atoms with Crippen LogP contribution >= 0.6 is 11.6 Å². The van der Waals surface area contributed by atoms with Crippen molar-refractivity contribution in [1.29, 1.82) is 0 Å². The summed E-state index contributed by atoms with van der Waals surface area (Å²) < 4.78 is 56.2. The first-order valence-corrected chi connectivity index (χ1v) is 8.43. The molecule has 0 aliphatic carbocycles. The van der Waals surface area contributed by atoms with Crippen molar-refractivity contribution >= 4 is 23.0 Å². The van der Waals surface area contributed by atoms with Gasteiger partial charge in [0.25, 0.3) is 5.91 Å². The number of rotatable bonds is 1. The first-order valence-electron chi connectivity index (χ1n) is 8.05. The number of alkyl halides is 3. The van der Waals surface area contributed by atoms with Crippen molar-refractivity contribution in [1.82, 2.24) is 14.5 Å². The summed E-state index contributed by atoms with van der Waals surface area (Å²) >= 11 is 5.87. The molecule has 1 unspecified atom stereocenters. The van der Waals surface area contributed by atoms with Crippen LogP contribution in [-0.2, 0) is 6.42 Å². The number of hydrogen-bond donors (Lipinski definition) is 0. The van der Waals surface area contributed by atoms with E-state index in [-0.39, 0.29) is 24.2 Å². The fourth-order valence-corrected chi connectivity index (χ4v) is 3.53. The number of amides is 1. The molecular weight excluding hydrogens is 386 g/mol. The van der Waals surface area contributed by atoms with Gasteiger partial charge >= 0.3 is 6.18 Å². The van der Waals surface area contributed by atoms with Crippen molar-refractivity contribution in [3.05, 3.63) is 70.3 Å². The molecule has 1 aromatic carbocycles. The number of benzene rings is 1. The number of carbonyl (C=O) groups excluding carboxylic acids is 1. The van der Waals surface area contributed by atoms with Crippen molar-refractivity contribution in [2.45, 2.75) is 18.6 Å².